The Labute approximate surface area is 203 Å². The predicted octanol–water partition coefficient (Wildman–Crippen LogP) is 3.51. The van der Waals surface area contributed by atoms with E-state index >= 15 is 0 Å². The fraction of sp³-hybridized carbons (Fsp3) is 0.286. The van der Waals surface area contributed by atoms with Gasteiger partial charge < -0.3 is 10.1 Å². The molecule has 0 unspecified atom stereocenters. The van der Waals surface area contributed by atoms with Crippen molar-refractivity contribution in [2.24, 2.45) is 5.41 Å². The fourth-order valence-electron chi connectivity index (χ4n) is 4.55. The lowest BCUT2D eigenvalue weighted by Crippen LogP contribution is -2.46. The van der Waals surface area contributed by atoms with E-state index in [1.807, 2.05) is 50.2 Å². The number of ether oxygens (including phenoxy) is 1. The number of fused-ring (bicyclic) bond motifs is 1. The van der Waals surface area contributed by atoms with Crippen LogP contribution >= 0.6 is 0 Å². The predicted molar refractivity (Wildman–Crippen MR) is 132 cm³/mol. The Morgan fingerprint density at radius 2 is 1.63 bits per heavy atom. The van der Waals surface area contributed by atoms with Crippen LogP contribution < -0.4 is 10.9 Å². The number of hydrogen-bond donors (Lipinski definition) is 1. The molecule has 0 saturated carbocycles. The van der Waals surface area contributed by atoms with Crippen molar-refractivity contribution in [3.63, 3.8) is 0 Å². The molecule has 0 fully saturated rings. The Kier molecular flexibility index (Phi) is 6.69. The number of hydrogen-bond acceptors (Lipinski definition) is 5. The minimum Gasteiger partial charge on any atom is -0.467 e. The van der Waals surface area contributed by atoms with Gasteiger partial charge in [-0.1, -0.05) is 62.4 Å². The van der Waals surface area contributed by atoms with Crippen LogP contribution in [0.4, 0.5) is 0 Å². The lowest BCUT2D eigenvalue weighted by atomic mass is 9.75. The van der Waals surface area contributed by atoms with E-state index in [0.717, 1.165) is 5.56 Å². The Balaban J connectivity index is 1.79. The van der Waals surface area contributed by atoms with Gasteiger partial charge in [-0.05, 0) is 35.6 Å². The van der Waals surface area contributed by atoms with E-state index in [0.29, 0.717) is 29.8 Å². The van der Waals surface area contributed by atoms with Crippen molar-refractivity contribution in [2.45, 2.75) is 39.2 Å². The molecular formula is C28H28N2O5. The number of carbonyl (C=O) groups is 3. The number of amides is 1. The number of nitrogens with one attached hydrogen (secondary N) is 1. The average molecular weight is 473 g/mol. The molecule has 2 aromatic carbocycles. The molecule has 3 aromatic rings. The van der Waals surface area contributed by atoms with Crippen LogP contribution in [0, 0.1) is 5.41 Å². The summed E-state index contributed by atoms with van der Waals surface area (Å²) in [4.78, 5) is 52.5. The first-order valence-electron chi connectivity index (χ1n) is 11.5. The number of rotatable bonds is 6. The van der Waals surface area contributed by atoms with Crippen LogP contribution in [0.3, 0.4) is 0 Å². The quantitative estimate of drug-likeness (QED) is 0.554. The number of Topliss-reactive ketones (excluding diaryl/α,β-unsaturated/α-hetero) is 1. The van der Waals surface area contributed by atoms with Gasteiger partial charge in [0.15, 0.2) is 5.78 Å². The first-order valence-corrected chi connectivity index (χ1v) is 11.5. The molecule has 0 aliphatic heterocycles. The van der Waals surface area contributed by atoms with Crippen LogP contribution in [-0.4, -0.2) is 35.4 Å². The number of aromatic nitrogens is 1. The normalized spacial score (nSPS) is 15.1. The van der Waals surface area contributed by atoms with Crippen LogP contribution in [0.5, 0.6) is 0 Å². The number of pyridine rings is 1. The highest BCUT2D eigenvalue weighted by Crippen LogP contribution is 2.35. The summed E-state index contributed by atoms with van der Waals surface area (Å²) in [5.74, 6) is -1.48. The number of para-hydroxylation sites is 1. The molecule has 35 heavy (non-hydrogen) atoms. The molecule has 1 aromatic heterocycles. The van der Waals surface area contributed by atoms with Gasteiger partial charge in [0.1, 0.15) is 11.6 Å². The van der Waals surface area contributed by atoms with Gasteiger partial charge in [-0.25, -0.2) is 4.79 Å². The molecule has 1 N–H and O–H groups in total. The average Bonchev–Trinajstić information content (AvgIpc) is 2.83. The number of methoxy groups -OCH3 is 1. The molecule has 1 heterocycles. The topological polar surface area (TPSA) is 94.5 Å². The minimum atomic E-state index is -0.995. The Bertz CT molecular complexity index is 1330. The first kappa shape index (κ1) is 24.1. The lowest BCUT2D eigenvalue weighted by Gasteiger charge is -2.32. The third-order valence-corrected chi connectivity index (χ3v) is 6.22. The molecule has 180 valence electrons. The van der Waals surface area contributed by atoms with Crippen LogP contribution in [-0.2, 0) is 22.4 Å². The van der Waals surface area contributed by atoms with E-state index in [1.165, 1.54) is 17.7 Å². The lowest BCUT2D eigenvalue weighted by molar-refractivity contribution is -0.142. The van der Waals surface area contributed by atoms with Crippen LogP contribution in [0.2, 0.25) is 0 Å². The zero-order valence-corrected chi connectivity index (χ0v) is 20.0. The van der Waals surface area contributed by atoms with E-state index in [-0.39, 0.29) is 23.2 Å². The van der Waals surface area contributed by atoms with Crippen LogP contribution in [0.1, 0.15) is 52.2 Å². The zero-order valence-electron chi connectivity index (χ0n) is 20.0. The van der Waals surface area contributed by atoms with Crippen molar-refractivity contribution < 1.29 is 19.1 Å². The van der Waals surface area contributed by atoms with Crippen molar-refractivity contribution in [1.29, 1.82) is 0 Å². The second-order valence-corrected chi connectivity index (χ2v) is 9.57. The fourth-order valence-corrected chi connectivity index (χ4v) is 4.55. The van der Waals surface area contributed by atoms with E-state index in [1.54, 1.807) is 24.3 Å². The number of ketones is 1. The summed E-state index contributed by atoms with van der Waals surface area (Å²) >= 11 is 0. The summed E-state index contributed by atoms with van der Waals surface area (Å²) in [7, 11) is 1.24. The van der Waals surface area contributed by atoms with Crippen molar-refractivity contribution >= 4 is 17.7 Å². The molecule has 7 heteroatoms. The molecule has 1 amide bonds. The summed E-state index contributed by atoms with van der Waals surface area (Å²) < 4.78 is 6.34. The largest absolute Gasteiger partial charge is 0.467 e. The first-order chi connectivity index (χ1) is 16.7. The SMILES string of the molecule is COC(=O)[C@@H](Cc1ccccc1)NC(=O)c1cc2c(n(-c3ccccc3)c1=O)CC(C)(C)CC2=O. The van der Waals surface area contributed by atoms with Crippen molar-refractivity contribution in [3.8, 4) is 5.69 Å². The minimum absolute atomic E-state index is 0.121. The van der Waals surface area contributed by atoms with Crippen molar-refractivity contribution in [3.05, 3.63) is 99.5 Å². The third-order valence-electron chi connectivity index (χ3n) is 6.22. The molecule has 4 rings (SSSR count). The van der Waals surface area contributed by atoms with Gasteiger partial charge in [0.25, 0.3) is 11.5 Å². The smallest absolute Gasteiger partial charge is 0.328 e. The maximum absolute atomic E-state index is 13.7. The number of esters is 1. The highest BCUT2D eigenvalue weighted by atomic mass is 16.5. The summed E-state index contributed by atoms with van der Waals surface area (Å²) in [5.41, 5.74) is 1.30. The van der Waals surface area contributed by atoms with Crippen LogP contribution in [0.25, 0.3) is 5.69 Å². The van der Waals surface area contributed by atoms with Gasteiger partial charge in [0.2, 0.25) is 0 Å². The van der Waals surface area contributed by atoms with E-state index in [2.05, 4.69) is 5.32 Å². The second-order valence-electron chi connectivity index (χ2n) is 9.57. The number of carbonyl (C=O) groups excluding carboxylic acids is 3. The van der Waals surface area contributed by atoms with Gasteiger partial charge >= 0.3 is 5.97 Å². The molecule has 1 atom stereocenters. The van der Waals surface area contributed by atoms with Crippen molar-refractivity contribution in [2.75, 3.05) is 7.11 Å². The summed E-state index contributed by atoms with van der Waals surface area (Å²) in [6, 6.07) is 18.5. The van der Waals surface area contributed by atoms with E-state index < -0.39 is 23.5 Å². The van der Waals surface area contributed by atoms with Crippen molar-refractivity contribution in [1.82, 2.24) is 9.88 Å². The molecule has 0 saturated heterocycles. The van der Waals surface area contributed by atoms with E-state index in [4.69, 9.17) is 4.74 Å². The number of benzene rings is 2. The Hall–Kier alpha value is -4.00. The Morgan fingerprint density at radius 1 is 1.00 bits per heavy atom. The van der Waals surface area contributed by atoms with E-state index in [9.17, 15) is 19.2 Å². The third kappa shape index (κ3) is 5.09. The molecule has 0 spiro atoms. The highest BCUT2D eigenvalue weighted by Gasteiger charge is 2.35. The summed E-state index contributed by atoms with van der Waals surface area (Å²) in [6.07, 6.45) is 1.02. The number of nitrogens with zero attached hydrogens (tertiary/aromatic N) is 1. The van der Waals surface area contributed by atoms with Gasteiger partial charge in [0, 0.05) is 29.8 Å². The standard InChI is InChI=1S/C28H28N2O5/c1-28(2)16-23-20(24(31)17-28)15-21(26(33)30(23)19-12-8-5-9-13-19)25(32)29-22(27(34)35-3)14-18-10-6-4-7-11-18/h4-13,15,22H,14,16-17H2,1-3H3,(H,29,32)/t22-/m1/s1. The maximum atomic E-state index is 13.7. The highest BCUT2D eigenvalue weighted by molar-refractivity contribution is 6.03. The van der Waals surface area contributed by atoms with Gasteiger partial charge in [-0.3, -0.25) is 19.0 Å². The maximum Gasteiger partial charge on any atom is 0.328 e. The Morgan fingerprint density at radius 3 is 2.26 bits per heavy atom. The second kappa shape index (κ2) is 9.70. The molecule has 0 radical (unpaired) electrons. The van der Waals surface area contributed by atoms with Gasteiger partial charge in [0.05, 0.1) is 7.11 Å². The molecule has 1 aliphatic rings. The zero-order chi connectivity index (χ0) is 25.2. The summed E-state index contributed by atoms with van der Waals surface area (Å²) in [5, 5.41) is 2.65. The van der Waals surface area contributed by atoms with Gasteiger partial charge in [-0.15, -0.1) is 0 Å². The molecular weight excluding hydrogens is 444 g/mol. The molecule has 1 aliphatic carbocycles. The molecule has 0 bridgehead atoms. The molecule has 7 nitrogen and oxygen atoms in total. The van der Waals surface area contributed by atoms with Crippen LogP contribution in [0.15, 0.2) is 71.5 Å². The monoisotopic (exact) mass is 472 g/mol. The summed E-state index contributed by atoms with van der Waals surface area (Å²) in [6.45, 7) is 3.97. The van der Waals surface area contributed by atoms with Gasteiger partial charge in [-0.2, -0.15) is 0 Å².